The molecule has 0 spiro atoms. The van der Waals surface area contributed by atoms with Crippen LogP contribution in [-0.2, 0) is 23.8 Å². The molecule has 5 heteroatoms. The smallest absolute Gasteiger partial charge is 0.306 e. The Morgan fingerprint density at radius 1 is 0.348 bits per heavy atom. The summed E-state index contributed by atoms with van der Waals surface area (Å²) in [6.07, 6.45) is 76.7. The molecule has 0 saturated carbocycles. The molecule has 0 radical (unpaired) electrons. The standard InChI is InChI=1S/C61H102O5/c1-4-7-10-13-16-19-22-25-28-30-31-33-34-36-39-42-45-48-51-54-60(62)65-58-59(57-64-56-53-50-47-44-41-38-27-24-21-18-15-12-9-6-3)66-61(63)55-52-49-46-43-40-37-35-32-29-26-23-20-17-14-11-8-5-2/h8,11,16-17,19-21,24-26,28-29,31,33,35,37,43,46,59H,4-7,9-10,12-15,18,22-23,27,30,32,34,36,38-42,44-45,47-58H2,1-3H3/b11-8-,19-16-,20-17-,24-21-,28-25-,29-26-,33-31-,37-35-,46-43-. The summed E-state index contributed by atoms with van der Waals surface area (Å²) in [6.45, 7) is 7.59. The van der Waals surface area contributed by atoms with E-state index < -0.39 is 6.10 Å². The number of carbonyl (C=O) groups is 2. The molecule has 0 aliphatic heterocycles. The van der Waals surface area contributed by atoms with E-state index in [4.69, 9.17) is 14.2 Å². The summed E-state index contributed by atoms with van der Waals surface area (Å²) in [5.74, 6) is -0.485. The number of hydrogen-bond donors (Lipinski definition) is 0. The van der Waals surface area contributed by atoms with E-state index in [1.54, 1.807) is 0 Å². The van der Waals surface area contributed by atoms with Crippen LogP contribution in [-0.4, -0.2) is 37.9 Å². The zero-order chi connectivity index (χ0) is 47.7. The molecule has 1 unspecified atom stereocenters. The van der Waals surface area contributed by atoms with Crippen LogP contribution in [0.25, 0.3) is 0 Å². The monoisotopic (exact) mass is 915 g/mol. The van der Waals surface area contributed by atoms with Crippen molar-refractivity contribution in [1.82, 2.24) is 0 Å². The average Bonchev–Trinajstić information content (AvgIpc) is 3.32. The number of rotatable bonds is 49. The highest BCUT2D eigenvalue weighted by atomic mass is 16.6. The Bertz CT molecular complexity index is 1310. The maximum absolute atomic E-state index is 12.8. The SMILES string of the molecule is CC/C=C\C/C=C\C/C=C\C/C=C\C/C=C\CCCC(=O)OC(COCCCCCCCC/C=C\CCCCCC)COC(=O)CCCCCCCC/C=C\C/C=C\C/C=C\CCCCC. The number of unbranched alkanes of at least 4 members (excludes halogenated alkanes) is 20. The first kappa shape index (κ1) is 62.6. The van der Waals surface area contributed by atoms with Gasteiger partial charge >= 0.3 is 11.9 Å². The molecule has 376 valence electrons. The van der Waals surface area contributed by atoms with Crippen LogP contribution in [0.4, 0.5) is 0 Å². The molecule has 0 heterocycles. The van der Waals surface area contributed by atoms with Gasteiger partial charge in [0, 0.05) is 19.4 Å². The second-order valence-electron chi connectivity index (χ2n) is 17.7. The van der Waals surface area contributed by atoms with Crippen LogP contribution in [0.1, 0.15) is 239 Å². The molecule has 66 heavy (non-hydrogen) atoms. The Morgan fingerprint density at radius 3 is 1.18 bits per heavy atom. The molecule has 5 nitrogen and oxygen atoms in total. The van der Waals surface area contributed by atoms with Gasteiger partial charge in [-0.3, -0.25) is 9.59 Å². The summed E-state index contributed by atoms with van der Waals surface area (Å²) in [5, 5.41) is 0. The van der Waals surface area contributed by atoms with Gasteiger partial charge in [-0.25, -0.2) is 0 Å². The predicted octanol–water partition coefficient (Wildman–Crippen LogP) is 18.8. The molecule has 0 aromatic carbocycles. The minimum atomic E-state index is -0.581. The van der Waals surface area contributed by atoms with Crippen molar-refractivity contribution in [1.29, 1.82) is 0 Å². The Kier molecular flexibility index (Phi) is 53.0. The maximum atomic E-state index is 12.8. The van der Waals surface area contributed by atoms with E-state index in [-0.39, 0.29) is 25.2 Å². The fourth-order valence-electron chi connectivity index (χ4n) is 7.19. The Morgan fingerprint density at radius 2 is 0.697 bits per heavy atom. The lowest BCUT2D eigenvalue weighted by atomic mass is 10.1. The van der Waals surface area contributed by atoms with Gasteiger partial charge in [-0.1, -0.05) is 214 Å². The number of esters is 2. The molecule has 0 rings (SSSR count). The van der Waals surface area contributed by atoms with Gasteiger partial charge < -0.3 is 14.2 Å². The largest absolute Gasteiger partial charge is 0.462 e. The van der Waals surface area contributed by atoms with Gasteiger partial charge in [-0.05, 0) is 122 Å². The fraction of sp³-hybridized carbons (Fsp3) is 0.672. The van der Waals surface area contributed by atoms with Crippen molar-refractivity contribution in [2.45, 2.75) is 245 Å². The molecule has 0 N–H and O–H groups in total. The van der Waals surface area contributed by atoms with Crippen LogP contribution in [0.3, 0.4) is 0 Å². The van der Waals surface area contributed by atoms with Crippen molar-refractivity contribution < 1.29 is 23.8 Å². The van der Waals surface area contributed by atoms with Gasteiger partial charge in [-0.2, -0.15) is 0 Å². The Balaban J connectivity index is 4.41. The van der Waals surface area contributed by atoms with E-state index >= 15 is 0 Å². The topological polar surface area (TPSA) is 61.8 Å². The summed E-state index contributed by atoms with van der Waals surface area (Å²) in [5.41, 5.74) is 0. The minimum absolute atomic E-state index is 0.0476. The van der Waals surface area contributed by atoms with Crippen LogP contribution in [0, 0.1) is 0 Å². The number of carbonyl (C=O) groups excluding carboxylic acids is 2. The summed E-state index contributed by atoms with van der Waals surface area (Å²) >= 11 is 0. The van der Waals surface area contributed by atoms with Crippen LogP contribution >= 0.6 is 0 Å². The molecule has 0 bridgehead atoms. The lowest BCUT2D eigenvalue weighted by Gasteiger charge is -2.18. The average molecular weight is 915 g/mol. The van der Waals surface area contributed by atoms with Crippen molar-refractivity contribution in [3.63, 3.8) is 0 Å². The van der Waals surface area contributed by atoms with Crippen LogP contribution in [0.15, 0.2) is 109 Å². The van der Waals surface area contributed by atoms with Gasteiger partial charge in [0.1, 0.15) is 6.61 Å². The number of hydrogen-bond acceptors (Lipinski definition) is 5. The van der Waals surface area contributed by atoms with Crippen molar-refractivity contribution in [3.05, 3.63) is 109 Å². The molecule has 0 saturated heterocycles. The van der Waals surface area contributed by atoms with Crippen LogP contribution < -0.4 is 0 Å². The van der Waals surface area contributed by atoms with Crippen molar-refractivity contribution >= 4 is 11.9 Å². The zero-order valence-electron chi connectivity index (χ0n) is 43.2. The second kappa shape index (κ2) is 55.9. The number of ether oxygens (including phenoxy) is 3. The lowest BCUT2D eigenvalue weighted by molar-refractivity contribution is -0.162. The van der Waals surface area contributed by atoms with Gasteiger partial charge in [0.25, 0.3) is 0 Å². The lowest BCUT2D eigenvalue weighted by Crippen LogP contribution is -2.30. The van der Waals surface area contributed by atoms with E-state index in [1.807, 2.05) is 0 Å². The second-order valence-corrected chi connectivity index (χ2v) is 17.7. The highest BCUT2D eigenvalue weighted by Crippen LogP contribution is 2.13. The van der Waals surface area contributed by atoms with Gasteiger partial charge in [-0.15, -0.1) is 0 Å². The maximum Gasteiger partial charge on any atom is 0.306 e. The highest BCUT2D eigenvalue weighted by Gasteiger charge is 2.17. The summed E-state index contributed by atoms with van der Waals surface area (Å²) < 4.78 is 17.4. The first-order valence-electron chi connectivity index (χ1n) is 27.4. The number of allylic oxidation sites excluding steroid dienone is 18. The Labute approximate surface area is 408 Å². The van der Waals surface area contributed by atoms with Crippen molar-refractivity contribution in [3.8, 4) is 0 Å². The molecule has 0 fully saturated rings. The predicted molar refractivity (Wildman–Crippen MR) is 288 cm³/mol. The van der Waals surface area contributed by atoms with E-state index in [2.05, 4.69) is 130 Å². The van der Waals surface area contributed by atoms with Crippen molar-refractivity contribution in [2.24, 2.45) is 0 Å². The van der Waals surface area contributed by atoms with Crippen LogP contribution in [0.5, 0.6) is 0 Å². The minimum Gasteiger partial charge on any atom is -0.462 e. The van der Waals surface area contributed by atoms with Gasteiger partial charge in [0.05, 0.1) is 6.61 Å². The summed E-state index contributed by atoms with van der Waals surface area (Å²) in [7, 11) is 0. The molecular formula is C61H102O5. The van der Waals surface area contributed by atoms with Gasteiger partial charge in [0.2, 0.25) is 0 Å². The third-order valence-electron chi connectivity index (χ3n) is 11.3. The molecule has 1 atom stereocenters. The summed E-state index contributed by atoms with van der Waals surface area (Å²) in [6, 6.07) is 0. The Hall–Kier alpha value is -3.44. The highest BCUT2D eigenvalue weighted by molar-refractivity contribution is 5.70. The summed E-state index contributed by atoms with van der Waals surface area (Å²) in [4.78, 5) is 25.5. The fourth-order valence-corrected chi connectivity index (χ4v) is 7.19. The molecule has 0 aliphatic carbocycles. The zero-order valence-corrected chi connectivity index (χ0v) is 43.2. The first-order valence-corrected chi connectivity index (χ1v) is 27.4. The van der Waals surface area contributed by atoms with Gasteiger partial charge in [0.15, 0.2) is 6.10 Å². The molecule has 0 aromatic rings. The quantitative estimate of drug-likeness (QED) is 0.0346. The van der Waals surface area contributed by atoms with Crippen molar-refractivity contribution in [2.75, 3.05) is 19.8 Å². The molecular weight excluding hydrogens is 813 g/mol. The van der Waals surface area contributed by atoms with E-state index in [9.17, 15) is 9.59 Å². The van der Waals surface area contributed by atoms with Crippen LogP contribution in [0.2, 0.25) is 0 Å². The van der Waals surface area contributed by atoms with E-state index in [0.29, 0.717) is 19.4 Å². The normalized spacial score (nSPS) is 13.1. The third-order valence-corrected chi connectivity index (χ3v) is 11.3. The van der Waals surface area contributed by atoms with E-state index in [1.165, 1.54) is 109 Å². The molecule has 0 aromatic heterocycles. The first-order chi connectivity index (χ1) is 32.6. The molecule has 0 aliphatic rings. The van der Waals surface area contributed by atoms with E-state index in [0.717, 1.165) is 96.3 Å². The molecule has 0 amide bonds. The third kappa shape index (κ3) is 53.2.